The Morgan fingerprint density at radius 2 is 1.62 bits per heavy atom. The lowest BCUT2D eigenvalue weighted by atomic mass is 9.95. The molecule has 3 aromatic rings. The van der Waals surface area contributed by atoms with Crippen molar-refractivity contribution >= 4 is 38.2 Å². The third kappa shape index (κ3) is 5.06. The van der Waals surface area contributed by atoms with Gasteiger partial charge in [0.2, 0.25) is 10.0 Å². The fraction of sp³-hybridized carbons (Fsp3) is 0.280. The molecule has 0 fully saturated rings. The summed E-state index contributed by atoms with van der Waals surface area (Å²) in [6, 6.07) is 15.5. The Kier molecular flexibility index (Phi) is 7.16. The lowest BCUT2D eigenvalue weighted by Gasteiger charge is -2.13. The summed E-state index contributed by atoms with van der Waals surface area (Å²) >= 11 is 1.45. The van der Waals surface area contributed by atoms with Crippen molar-refractivity contribution in [1.82, 2.24) is 9.62 Å². The third-order valence-corrected chi connectivity index (χ3v) is 8.85. The summed E-state index contributed by atoms with van der Waals surface area (Å²) in [6.45, 7) is 0.402. The highest BCUT2D eigenvalue weighted by molar-refractivity contribution is 7.89. The van der Waals surface area contributed by atoms with Crippen molar-refractivity contribution in [3.05, 3.63) is 81.7 Å². The Hall–Kier alpha value is -3.01. The lowest BCUT2D eigenvalue weighted by Crippen LogP contribution is -2.25. The summed E-state index contributed by atoms with van der Waals surface area (Å²) < 4.78 is 25.7. The number of hydrogen-bond acceptors (Lipinski definition) is 5. The van der Waals surface area contributed by atoms with Gasteiger partial charge >= 0.3 is 0 Å². The first kappa shape index (κ1) is 24.1. The van der Waals surface area contributed by atoms with Gasteiger partial charge < -0.3 is 10.6 Å². The predicted octanol–water partition coefficient (Wildman–Crippen LogP) is 4.06. The summed E-state index contributed by atoms with van der Waals surface area (Å²) in [5.74, 6) is -0.588. The molecule has 178 valence electrons. The molecular formula is C25H27N3O4S2. The molecule has 0 spiro atoms. The molecule has 0 bridgehead atoms. The van der Waals surface area contributed by atoms with Gasteiger partial charge in [0.1, 0.15) is 5.00 Å². The Morgan fingerprint density at radius 1 is 0.941 bits per heavy atom. The van der Waals surface area contributed by atoms with Gasteiger partial charge in [-0.1, -0.05) is 30.3 Å². The second kappa shape index (κ2) is 10.1. The number of fused-ring (bicyclic) bond motifs is 1. The van der Waals surface area contributed by atoms with E-state index in [1.807, 2.05) is 30.3 Å². The maximum Gasteiger partial charge on any atom is 0.256 e. The highest BCUT2D eigenvalue weighted by Gasteiger charge is 2.27. The number of anilines is 1. The number of benzene rings is 2. The van der Waals surface area contributed by atoms with Gasteiger partial charge in [0.05, 0.1) is 10.5 Å². The third-order valence-electron chi connectivity index (χ3n) is 5.82. The van der Waals surface area contributed by atoms with E-state index in [-0.39, 0.29) is 16.7 Å². The summed E-state index contributed by atoms with van der Waals surface area (Å²) in [4.78, 5) is 27.4. The smallest absolute Gasteiger partial charge is 0.256 e. The quantitative estimate of drug-likeness (QED) is 0.515. The standard InChI is InChI=1S/C25H27N3O4S2/c1-28(2)34(31,32)19-14-12-18(13-15-19)23(29)27-25-22(20-10-6-7-11-21(20)33-25)24(30)26-16-17-8-4-3-5-9-17/h3-5,8-9,12-15H,6-7,10-11,16H2,1-2H3,(H,26,30)(H,27,29). The van der Waals surface area contributed by atoms with Gasteiger partial charge in [-0.15, -0.1) is 11.3 Å². The molecule has 1 heterocycles. The highest BCUT2D eigenvalue weighted by Crippen LogP contribution is 2.38. The number of carbonyl (C=O) groups excluding carboxylic acids is 2. The van der Waals surface area contributed by atoms with Gasteiger partial charge in [0, 0.05) is 31.1 Å². The van der Waals surface area contributed by atoms with Crippen LogP contribution in [0.1, 0.15) is 49.6 Å². The molecule has 4 rings (SSSR count). The summed E-state index contributed by atoms with van der Waals surface area (Å²) in [5.41, 5.74) is 2.87. The fourth-order valence-electron chi connectivity index (χ4n) is 3.93. The van der Waals surface area contributed by atoms with Gasteiger partial charge in [-0.3, -0.25) is 9.59 Å². The zero-order valence-corrected chi connectivity index (χ0v) is 20.8. The molecule has 0 unspecified atom stereocenters. The van der Waals surface area contributed by atoms with E-state index in [2.05, 4.69) is 10.6 Å². The Labute approximate surface area is 203 Å². The number of sulfonamides is 1. The van der Waals surface area contributed by atoms with Crippen molar-refractivity contribution in [2.45, 2.75) is 37.1 Å². The molecule has 0 aliphatic heterocycles. The Bertz CT molecular complexity index is 1300. The highest BCUT2D eigenvalue weighted by atomic mass is 32.2. The average molecular weight is 498 g/mol. The molecule has 2 amide bonds. The number of amides is 2. The molecule has 1 aromatic heterocycles. The van der Waals surface area contributed by atoms with Crippen molar-refractivity contribution in [3.8, 4) is 0 Å². The number of rotatable bonds is 7. The molecule has 0 saturated heterocycles. The van der Waals surface area contributed by atoms with E-state index in [1.165, 1.54) is 49.7 Å². The van der Waals surface area contributed by atoms with Crippen LogP contribution in [0.4, 0.5) is 5.00 Å². The van der Waals surface area contributed by atoms with Gasteiger partial charge in [-0.25, -0.2) is 12.7 Å². The molecule has 2 N–H and O–H groups in total. The maximum atomic E-state index is 13.2. The lowest BCUT2D eigenvalue weighted by molar-refractivity contribution is 0.0951. The number of nitrogens with zero attached hydrogens (tertiary/aromatic N) is 1. The zero-order chi connectivity index (χ0) is 24.3. The molecule has 1 aliphatic rings. The van der Waals surface area contributed by atoms with Gasteiger partial charge in [0.15, 0.2) is 0 Å². The van der Waals surface area contributed by atoms with Crippen LogP contribution in [0.15, 0.2) is 59.5 Å². The summed E-state index contributed by atoms with van der Waals surface area (Å²) in [7, 11) is -0.662. The van der Waals surface area contributed by atoms with E-state index >= 15 is 0 Å². The number of thiophene rings is 1. The molecule has 0 saturated carbocycles. The minimum absolute atomic E-state index is 0.113. The van der Waals surface area contributed by atoms with E-state index in [0.29, 0.717) is 22.7 Å². The molecule has 1 aliphatic carbocycles. The van der Waals surface area contributed by atoms with Crippen LogP contribution in [0.5, 0.6) is 0 Å². The van der Waals surface area contributed by atoms with E-state index in [1.54, 1.807) is 0 Å². The Morgan fingerprint density at radius 3 is 2.29 bits per heavy atom. The van der Waals surface area contributed by atoms with Gasteiger partial charge in [-0.2, -0.15) is 0 Å². The van der Waals surface area contributed by atoms with E-state index in [0.717, 1.165) is 46.0 Å². The zero-order valence-electron chi connectivity index (χ0n) is 19.1. The molecule has 9 heteroatoms. The van der Waals surface area contributed by atoms with Crippen LogP contribution >= 0.6 is 11.3 Å². The second-order valence-corrected chi connectivity index (χ2v) is 11.6. The average Bonchev–Trinajstić information content (AvgIpc) is 3.21. The first-order chi connectivity index (χ1) is 16.3. The largest absolute Gasteiger partial charge is 0.348 e. The summed E-state index contributed by atoms with van der Waals surface area (Å²) in [6.07, 6.45) is 3.78. The number of carbonyl (C=O) groups is 2. The van der Waals surface area contributed by atoms with Crippen LogP contribution in [0.3, 0.4) is 0 Å². The van der Waals surface area contributed by atoms with Crippen molar-refractivity contribution in [1.29, 1.82) is 0 Å². The van der Waals surface area contributed by atoms with Crippen LogP contribution in [-0.4, -0.2) is 38.6 Å². The number of aryl methyl sites for hydroxylation is 1. The number of nitrogens with one attached hydrogen (secondary N) is 2. The molecule has 0 atom stereocenters. The van der Waals surface area contributed by atoms with Crippen LogP contribution < -0.4 is 10.6 Å². The minimum atomic E-state index is -3.58. The molecule has 0 radical (unpaired) electrons. The van der Waals surface area contributed by atoms with E-state index < -0.39 is 10.0 Å². The first-order valence-corrected chi connectivity index (χ1v) is 13.3. The van der Waals surface area contributed by atoms with Gasteiger partial charge in [-0.05, 0) is 61.1 Å². The maximum absolute atomic E-state index is 13.2. The van der Waals surface area contributed by atoms with E-state index in [9.17, 15) is 18.0 Å². The SMILES string of the molecule is CN(C)S(=O)(=O)c1ccc(C(=O)Nc2sc3c(c2C(=O)NCc2ccccc2)CCCC3)cc1. The molecule has 7 nitrogen and oxygen atoms in total. The van der Waals surface area contributed by atoms with Crippen molar-refractivity contribution in [3.63, 3.8) is 0 Å². The second-order valence-electron chi connectivity index (χ2n) is 8.35. The monoisotopic (exact) mass is 497 g/mol. The van der Waals surface area contributed by atoms with Crippen molar-refractivity contribution < 1.29 is 18.0 Å². The van der Waals surface area contributed by atoms with Gasteiger partial charge in [0.25, 0.3) is 11.8 Å². The molecule has 2 aromatic carbocycles. The number of hydrogen-bond donors (Lipinski definition) is 2. The Balaban J connectivity index is 1.56. The fourth-order valence-corrected chi connectivity index (χ4v) is 6.11. The summed E-state index contributed by atoms with van der Waals surface area (Å²) in [5, 5.41) is 6.42. The molecular weight excluding hydrogens is 470 g/mol. The normalized spacial score (nSPS) is 13.4. The van der Waals surface area contributed by atoms with Crippen LogP contribution in [-0.2, 0) is 29.4 Å². The minimum Gasteiger partial charge on any atom is -0.348 e. The van der Waals surface area contributed by atoms with Crippen molar-refractivity contribution in [2.24, 2.45) is 0 Å². The first-order valence-electron chi connectivity index (χ1n) is 11.1. The topological polar surface area (TPSA) is 95.6 Å². The van der Waals surface area contributed by atoms with Crippen LogP contribution in [0.2, 0.25) is 0 Å². The molecule has 34 heavy (non-hydrogen) atoms. The van der Waals surface area contributed by atoms with Crippen molar-refractivity contribution in [2.75, 3.05) is 19.4 Å². The predicted molar refractivity (Wildman–Crippen MR) is 134 cm³/mol. The van der Waals surface area contributed by atoms with Crippen LogP contribution in [0, 0.1) is 0 Å². The van der Waals surface area contributed by atoms with Crippen LogP contribution in [0.25, 0.3) is 0 Å². The van der Waals surface area contributed by atoms with E-state index in [4.69, 9.17) is 0 Å².